The summed E-state index contributed by atoms with van der Waals surface area (Å²) < 4.78 is 17.6. The first-order valence-electron chi connectivity index (χ1n) is 25.7. The lowest BCUT2D eigenvalue weighted by molar-refractivity contribution is -0.144. The van der Waals surface area contributed by atoms with Crippen molar-refractivity contribution in [1.29, 1.82) is 0 Å². The van der Waals surface area contributed by atoms with Gasteiger partial charge in [-0.1, -0.05) is 64.3 Å². The number of unbranched alkanes of at least 4 members (excludes halogenated alkanes) is 4. The van der Waals surface area contributed by atoms with E-state index >= 15 is 4.39 Å². The zero-order valence-corrected chi connectivity index (χ0v) is 43.2. The minimum atomic E-state index is -0.904. The van der Waals surface area contributed by atoms with Crippen LogP contribution in [0, 0.1) is 18.2 Å². The molecule has 18 nitrogen and oxygen atoms in total. The number of rotatable bonds is 19. The number of carbonyl (C=O) groups excluding carboxylic acids is 5. The maximum atomic E-state index is 15.7. The third-order valence-electron chi connectivity index (χ3n) is 14.2. The number of aromatic amines is 1. The number of carbonyl (C=O) groups is 5. The van der Waals surface area contributed by atoms with Crippen molar-refractivity contribution in [2.75, 3.05) is 38.0 Å². The van der Waals surface area contributed by atoms with Gasteiger partial charge in [0.05, 0.1) is 51.7 Å². The molecule has 3 aliphatic rings. The van der Waals surface area contributed by atoms with Crippen LogP contribution in [0.4, 0.5) is 15.9 Å². The zero-order chi connectivity index (χ0) is 52.1. The Morgan fingerprint density at radius 1 is 0.905 bits per heavy atom. The first-order valence-corrected chi connectivity index (χ1v) is 26.5. The van der Waals surface area contributed by atoms with Crippen LogP contribution in [0.1, 0.15) is 118 Å². The van der Waals surface area contributed by atoms with Gasteiger partial charge < -0.3 is 35.8 Å². The summed E-state index contributed by atoms with van der Waals surface area (Å²) in [5.74, 6) is -1.14. The lowest BCUT2D eigenvalue weighted by atomic mass is 9.85. The second kappa shape index (κ2) is 22.6. The molecule has 2 aromatic carbocycles. The average molecular weight is 1030 g/mol. The van der Waals surface area contributed by atoms with Gasteiger partial charge in [-0.3, -0.25) is 33.5 Å². The van der Waals surface area contributed by atoms with Gasteiger partial charge in [0.1, 0.15) is 17.9 Å². The highest BCUT2D eigenvalue weighted by atomic mass is 32.1. The summed E-state index contributed by atoms with van der Waals surface area (Å²) in [5, 5.41) is 26.5. The Labute approximate surface area is 433 Å². The number of imidazole rings is 1. The summed E-state index contributed by atoms with van der Waals surface area (Å²) in [6.07, 6.45) is 12.8. The van der Waals surface area contributed by atoms with Crippen LogP contribution in [0.2, 0.25) is 0 Å². The van der Waals surface area contributed by atoms with E-state index in [9.17, 15) is 29.1 Å². The van der Waals surface area contributed by atoms with Crippen LogP contribution in [-0.2, 0) is 25.7 Å². The third kappa shape index (κ3) is 12.1. The number of β-amino-alcohol motifs (C(OH)–C–C–N with tert-alkyl or cyclic N) is 1. The minimum Gasteiger partial charge on any atom is -0.391 e. The van der Waals surface area contributed by atoms with Gasteiger partial charge in [0.2, 0.25) is 23.6 Å². The quantitative estimate of drug-likeness (QED) is 0.0513. The number of anilines is 2. The summed E-state index contributed by atoms with van der Waals surface area (Å²) >= 11 is 1.57. The molecule has 9 rings (SSSR count). The van der Waals surface area contributed by atoms with E-state index < -0.39 is 35.3 Å². The molecule has 4 aromatic heterocycles. The number of aromatic nitrogens is 6. The number of hydrogen-bond donors (Lipinski definition) is 5. The number of likely N-dealkylation sites (tertiary alicyclic amines) is 1. The number of benzene rings is 2. The van der Waals surface area contributed by atoms with Crippen molar-refractivity contribution in [2.45, 2.75) is 123 Å². The maximum absolute atomic E-state index is 15.7. The average Bonchev–Trinajstić information content (AvgIpc) is 3.70. The molecule has 6 aromatic rings. The number of piperazine rings is 1. The predicted octanol–water partition coefficient (Wildman–Crippen LogP) is 7.14. The van der Waals surface area contributed by atoms with Crippen LogP contribution >= 0.6 is 11.3 Å². The molecule has 20 heteroatoms. The van der Waals surface area contributed by atoms with Gasteiger partial charge in [-0.25, -0.2) is 19.3 Å². The number of nitrogens with zero attached hydrogens (tertiary/aromatic N) is 8. The van der Waals surface area contributed by atoms with Gasteiger partial charge in [0, 0.05) is 88.0 Å². The van der Waals surface area contributed by atoms with Crippen LogP contribution in [0.3, 0.4) is 0 Å². The molecule has 3 atom stereocenters. The molecule has 0 radical (unpaired) electrons. The normalized spacial score (nSPS) is 17.4. The molecule has 74 heavy (non-hydrogen) atoms. The van der Waals surface area contributed by atoms with E-state index in [-0.39, 0.29) is 60.8 Å². The van der Waals surface area contributed by atoms with E-state index in [0.29, 0.717) is 62.8 Å². The third-order valence-corrected chi connectivity index (χ3v) is 15.2. The van der Waals surface area contributed by atoms with Crippen LogP contribution < -0.4 is 16.0 Å². The van der Waals surface area contributed by atoms with E-state index in [1.165, 1.54) is 11.0 Å². The molecule has 0 unspecified atom stereocenters. The smallest absolute Gasteiger partial charge is 0.254 e. The fraction of sp³-hybridized carbons (Fsp3) is 0.463. The van der Waals surface area contributed by atoms with Gasteiger partial charge in [-0.2, -0.15) is 5.10 Å². The van der Waals surface area contributed by atoms with E-state index in [1.54, 1.807) is 51.9 Å². The molecule has 1 aliphatic carbocycles. The second-order valence-corrected chi connectivity index (χ2v) is 21.7. The maximum Gasteiger partial charge on any atom is 0.254 e. The summed E-state index contributed by atoms with van der Waals surface area (Å²) in [6.45, 7) is 9.27. The molecule has 390 valence electrons. The van der Waals surface area contributed by atoms with Gasteiger partial charge in [0.15, 0.2) is 11.5 Å². The minimum absolute atomic E-state index is 0.000868. The number of nitrogens with one attached hydrogen (secondary N) is 4. The topological polar surface area (TPSA) is 223 Å². The molecule has 0 spiro atoms. The second-order valence-electron chi connectivity index (χ2n) is 20.8. The van der Waals surface area contributed by atoms with Crippen LogP contribution in [0.15, 0.2) is 72.8 Å². The summed E-state index contributed by atoms with van der Waals surface area (Å²) in [4.78, 5) is 87.0. The van der Waals surface area contributed by atoms with Crippen molar-refractivity contribution in [3.63, 3.8) is 0 Å². The zero-order valence-electron chi connectivity index (χ0n) is 42.4. The molecular weight excluding hydrogens is 964 g/mol. The fourth-order valence-electron chi connectivity index (χ4n) is 9.75. The standard InChI is InChI=1S/C54H65FN12O6S/c1-33-47(74-32-58-33)36-14-12-34(13-15-36)26-57-51(71)43-25-39(68)30-67(43)53(73)48(54(2,3)4)63-45(69)10-8-6-5-7-9-11-46(70)64-20-22-65(23-21-64)52(72)37-18-19-41(40(55)24-37)61-49-50-56-29-44(38-27-59-60-28-38)66(50)31-42(62-49)35-16-17-35/h12-15,18-19,24,27-29,31-32,35,39,43,48,68H,5-11,16-17,20-23,25-26,30H2,1-4H3,(H,57,71)(H,59,60)(H,61,62)(H,63,69)/t39-,43+,48-/m1/s1. The Kier molecular flexibility index (Phi) is 15.8. The molecule has 2 aliphatic heterocycles. The molecule has 2 saturated heterocycles. The van der Waals surface area contributed by atoms with E-state index in [4.69, 9.17) is 4.98 Å². The highest BCUT2D eigenvalue weighted by Gasteiger charge is 2.44. The first-order chi connectivity index (χ1) is 35.6. The Hall–Kier alpha value is -7.06. The van der Waals surface area contributed by atoms with Crippen molar-refractivity contribution in [3.05, 3.63) is 101 Å². The SMILES string of the molecule is Cc1ncsc1-c1ccc(CNC(=O)[C@@H]2C[C@@H](O)CN2C(=O)[C@@H](NC(=O)CCCCCCCC(=O)N2CCN(C(=O)c3ccc(Nc4nc(C5CC5)cn5c(-c6cn[nH]c6)cnc45)c(F)c3)CC2)C(C)(C)C)cc1. The Balaban J connectivity index is 0.674. The monoisotopic (exact) mass is 1030 g/mol. The number of aliphatic hydroxyl groups excluding tert-OH is 1. The van der Waals surface area contributed by atoms with Crippen molar-refractivity contribution in [1.82, 2.24) is 54.9 Å². The molecule has 0 bridgehead atoms. The molecular formula is C54H65FN12O6S. The van der Waals surface area contributed by atoms with Crippen LogP contribution in [-0.4, -0.2) is 130 Å². The van der Waals surface area contributed by atoms with Crippen LogP contribution in [0.5, 0.6) is 0 Å². The predicted molar refractivity (Wildman–Crippen MR) is 279 cm³/mol. The van der Waals surface area contributed by atoms with Crippen molar-refractivity contribution >= 4 is 58.0 Å². The van der Waals surface area contributed by atoms with E-state index in [0.717, 1.165) is 70.8 Å². The van der Waals surface area contributed by atoms with Crippen molar-refractivity contribution in [2.24, 2.45) is 5.41 Å². The van der Waals surface area contributed by atoms with Gasteiger partial charge in [-0.15, -0.1) is 11.3 Å². The van der Waals surface area contributed by atoms with Gasteiger partial charge in [-0.05, 0) is 67.3 Å². The van der Waals surface area contributed by atoms with Gasteiger partial charge in [0.25, 0.3) is 5.91 Å². The first kappa shape index (κ1) is 51.8. The largest absolute Gasteiger partial charge is 0.391 e. The Morgan fingerprint density at radius 2 is 1.64 bits per heavy atom. The van der Waals surface area contributed by atoms with E-state index in [1.807, 2.05) is 68.1 Å². The number of hydrogen-bond acceptors (Lipinski definition) is 12. The number of thiazole rings is 1. The number of fused-ring (bicyclic) bond motifs is 1. The van der Waals surface area contributed by atoms with E-state index in [2.05, 4.69) is 36.1 Å². The Morgan fingerprint density at radius 3 is 2.31 bits per heavy atom. The number of aryl methyl sites for hydroxylation is 1. The summed E-state index contributed by atoms with van der Waals surface area (Å²) in [6, 6.07) is 10.5. The molecule has 5 N–H and O–H groups in total. The molecule has 5 amide bonds. The summed E-state index contributed by atoms with van der Waals surface area (Å²) in [7, 11) is 0. The van der Waals surface area contributed by atoms with Crippen molar-refractivity contribution in [3.8, 4) is 21.7 Å². The van der Waals surface area contributed by atoms with Crippen LogP contribution in [0.25, 0.3) is 27.3 Å². The molecule has 6 heterocycles. The highest BCUT2D eigenvalue weighted by molar-refractivity contribution is 7.13. The number of H-pyrrole nitrogens is 1. The molecule has 1 saturated carbocycles. The number of halogens is 1. The molecule has 3 fully saturated rings. The lowest BCUT2D eigenvalue weighted by Gasteiger charge is -2.35. The lowest BCUT2D eigenvalue weighted by Crippen LogP contribution is -2.57. The van der Waals surface area contributed by atoms with Gasteiger partial charge >= 0.3 is 0 Å². The number of amides is 5. The Bertz CT molecular complexity index is 2980. The van der Waals surface area contributed by atoms with Crippen molar-refractivity contribution < 1.29 is 33.5 Å². The highest BCUT2D eigenvalue weighted by Crippen LogP contribution is 2.41. The summed E-state index contributed by atoms with van der Waals surface area (Å²) in [5.41, 5.74) is 7.57. The number of aliphatic hydroxyl groups is 1. The fourth-order valence-corrected chi connectivity index (χ4v) is 10.6.